The second-order valence-corrected chi connectivity index (χ2v) is 4.33. The molecule has 0 unspecified atom stereocenters. The lowest BCUT2D eigenvalue weighted by Gasteiger charge is -1.99. The van der Waals surface area contributed by atoms with Gasteiger partial charge in [0, 0.05) is 10.6 Å². The molecule has 1 heterocycles. The predicted octanol–water partition coefficient (Wildman–Crippen LogP) is 3.82. The Labute approximate surface area is 95.7 Å². The van der Waals surface area contributed by atoms with Crippen LogP contribution in [0.1, 0.15) is 5.56 Å². The molecule has 2 rings (SSSR count). The molecule has 72 valence electrons. The fourth-order valence-electron chi connectivity index (χ4n) is 1.05. The largest absolute Gasteiger partial charge is 0.234 e. The van der Waals surface area contributed by atoms with Gasteiger partial charge in [0.05, 0.1) is 0 Å². The van der Waals surface area contributed by atoms with E-state index < -0.39 is 0 Å². The van der Waals surface area contributed by atoms with Crippen LogP contribution >= 0.6 is 34.7 Å². The molecule has 1 aromatic heterocycles. The van der Waals surface area contributed by atoms with E-state index in [0.29, 0.717) is 0 Å². The van der Waals surface area contributed by atoms with Crippen molar-refractivity contribution in [2.24, 2.45) is 0 Å². The van der Waals surface area contributed by atoms with Crippen LogP contribution in [0.15, 0.2) is 18.2 Å². The van der Waals surface area contributed by atoms with Gasteiger partial charge in [-0.05, 0) is 41.7 Å². The maximum atomic E-state index is 5.99. The molecule has 0 N–H and O–H groups in total. The first kappa shape index (κ1) is 9.90. The number of aromatic nitrogens is 2. The lowest BCUT2D eigenvalue weighted by molar-refractivity contribution is 1.33. The van der Waals surface area contributed by atoms with Gasteiger partial charge in [0.2, 0.25) is 5.28 Å². The average molecular weight is 245 g/mol. The highest BCUT2D eigenvalue weighted by molar-refractivity contribution is 7.09. The second-order valence-electron chi connectivity index (χ2n) is 2.83. The molecular formula is C9H6Cl2N2S. The van der Waals surface area contributed by atoms with E-state index in [1.54, 1.807) is 0 Å². The van der Waals surface area contributed by atoms with Crippen LogP contribution < -0.4 is 0 Å². The number of aryl methyl sites for hydroxylation is 1. The Balaban J connectivity index is 2.47. The smallest absolute Gasteiger partial charge is 0.205 e. The molecule has 0 saturated heterocycles. The van der Waals surface area contributed by atoms with Gasteiger partial charge in [-0.2, -0.15) is 4.37 Å². The van der Waals surface area contributed by atoms with E-state index in [1.807, 2.05) is 25.1 Å². The Morgan fingerprint density at radius 2 is 2.07 bits per heavy atom. The van der Waals surface area contributed by atoms with E-state index in [1.165, 1.54) is 11.5 Å². The number of halogens is 2. The summed E-state index contributed by atoms with van der Waals surface area (Å²) in [6, 6.07) is 5.78. The molecule has 2 aromatic rings. The average Bonchev–Trinajstić information content (AvgIpc) is 2.57. The maximum Gasteiger partial charge on any atom is 0.234 e. The Morgan fingerprint density at radius 1 is 1.29 bits per heavy atom. The van der Waals surface area contributed by atoms with E-state index in [4.69, 9.17) is 23.2 Å². The highest BCUT2D eigenvalue weighted by Gasteiger charge is 2.05. The number of hydrogen-bond acceptors (Lipinski definition) is 3. The van der Waals surface area contributed by atoms with Gasteiger partial charge >= 0.3 is 0 Å². The first-order valence-electron chi connectivity index (χ1n) is 3.92. The summed E-state index contributed by atoms with van der Waals surface area (Å²) in [6.45, 7) is 1.96. The molecule has 14 heavy (non-hydrogen) atoms. The summed E-state index contributed by atoms with van der Waals surface area (Å²) in [6.07, 6.45) is 0. The third-order valence-electron chi connectivity index (χ3n) is 1.82. The normalized spacial score (nSPS) is 10.5. The summed E-state index contributed by atoms with van der Waals surface area (Å²) in [4.78, 5) is 4.07. The van der Waals surface area contributed by atoms with E-state index in [-0.39, 0.29) is 5.28 Å². The van der Waals surface area contributed by atoms with Crippen molar-refractivity contribution >= 4 is 34.7 Å². The Bertz CT molecular complexity index is 468. The zero-order chi connectivity index (χ0) is 10.1. The van der Waals surface area contributed by atoms with Crippen LogP contribution in [-0.4, -0.2) is 9.36 Å². The topological polar surface area (TPSA) is 25.8 Å². The molecule has 0 spiro atoms. The summed E-state index contributed by atoms with van der Waals surface area (Å²) < 4.78 is 3.90. The van der Waals surface area contributed by atoms with Crippen molar-refractivity contribution in [1.29, 1.82) is 0 Å². The van der Waals surface area contributed by atoms with Gasteiger partial charge in [0.25, 0.3) is 0 Å². The minimum Gasteiger partial charge on any atom is -0.205 e. The third kappa shape index (κ3) is 1.90. The molecule has 0 aliphatic heterocycles. The van der Waals surface area contributed by atoms with Crippen LogP contribution in [0, 0.1) is 6.92 Å². The second kappa shape index (κ2) is 3.85. The Hall–Kier alpha value is -0.640. The van der Waals surface area contributed by atoms with Gasteiger partial charge in [-0.1, -0.05) is 23.7 Å². The molecule has 0 atom stereocenters. The Kier molecular flexibility index (Phi) is 2.72. The van der Waals surface area contributed by atoms with Crippen molar-refractivity contribution in [3.05, 3.63) is 34.1 Å². The molecule has 0 aliphatic rings. The Morgan fingerprint density at radius 3 is 2.64 bits per heavy atom. The minimum absolute atomic E-state index is 0.279. The molecule has 2 nitrogen and oxygen atoms in total. The van der Waals surface area contributed by atoms with Crippen molar-refractivity contribution < 1.29 is 0 Å². The standard InChI is InChI=1S/C9H6Cl2N2S/c1-5-2-3-6(4-7(5)10)8-12-9(11)13-14-8/h2-4H,1H3. The van der Waals surface area contributed by atoms with Crippen LogP contribution in [0.25, 0.3) is 10.6 Å². The highest BCUT2D eigenvalue weighted by Crippen LogP contribution is 2.27. The van der Waals surface area contributed by atoms with Gasteiger partial charge in [0.1, 0.15) is 5.01 Å². The van der Waals surface area contributed by atoms with Crippen molar-refractivity contribution in [3.63, 3.8) is 0 Å². The molecule has 0 bridgehead atoms. The SMILES string of the molecule is Cc1ccc(-c2nc(Cl)ns2)cc1Cl. The van der Waals surface area contributed by atoms with Crippen molar-refractivity contribution in [1.82, 2.24) is 9.36 Å². The van der Waals surface area contributed by atoms with Crippen LogP contribution in [0.4, 0.5) is 0 Å². The third-order valence-corrected chi connectivity index (χ3v) is 3.26. The van der Waals surface area contributed by atoms with Gasteiger partial charge in [-0.3, -0.25) is 0 Å². The fraction of sp³-hybridized carbons (Fsp3) is 0.111. The van der Waals surface area contributed by atoms with Crippen molar-refractivity contribution in [2.75, 3.05) is 0 Å². The number of benzene rings is 1. The summed E-state index contributed by atoms with van der Waals surface area (Å²) in [5.74, 6) is 0. The number of nitrogens with zero attached hydrogens (tertiary/aromatic N) is 2. The lowest BCUT2D eigenvalue weighted by atomic mass is 10.2. The molecular weight excluding hydrogens is 239 g/mol. The lowest BCUT2D eigenvalue weighted by Crippen LogP contribution is -1.79. The van der Waals surface area contributed by atoms with Gasteiger partial charge < -0.3 is 0 Å². The monoisotopic (exact) mass is 244 g/mol. The molecule has 0 fully saturated rings. The van der Waals surface area contributed by atoms with E-state index in [9.17, 15) is 0 Å². The van der Waals surface area contributed by atoms with E-state index >= 15 is 0 Å². The summed E-state index contributed by atoms with van der Waals surface area (Å²) >= 11 is 12.9. The van der Waals surface area contributed by atoms with Crippen LogP contribution in [0.2, 0.25) is 10.3 Å². The molecule has 0 amide bonds. The van der Waals surface area contributed by atoms with E-state index in [0.717, 1.165) is 21.2 Å². The summed E-state index contributed by atoms with van der Waals surface area (Å²) in [5.41, 5.74) is 2.00. The van der Waals surface area contributed by atoms with Crippen LogP contribution in [0.3, 0.4) is 0 Å². The molecule has 0 saturated carbocycles. The predicted molar refractivity (Wildman–Crippen MR) is 60.1 cm³/mol. The number of hydrogen-bond donors (Lipinski definition) is 0. The van der Waals surface area contributed by atoms with Gasteiger partial charge in [0.15, 0.2) is 0 Å². The maximum absolute atomic E-state index is 5.99. The zero-order valence-electron chi connectivity index (χ0n) is 7.29. The number of rotatable bonds is 1. The molecule has 5 heteroatoms. The molecule has 0 radical (unpaired) electrons. The van der Waals surface area contributed by atoms with Crippen molar-refractivity contribution in [3.8, 4) is 10.6 Å². The zero-order valence-corrected chi connectivity index (χ0v) is 9.62. The van der Waals surface area contributed by atoms with Crippen LogP contribution in [-0.2, 0) is 0 Å². The minimum atomic E-state index is 0.279. The first-order valence-corrected chi connectivity index (χ1v) is 5.45. The summed E-state index contributed by atoms with van der Waals surface area (Å²) in [5, 5.41) is 1.80. The van der Waals surface area contributed by atoms with Gasteiger partial charge in [-0.15, -0.1) is 0 Å². The molecule has 1 aromatic carbocycles. The van der Waals surface area contributed by atoms with Crippen LogP contribution in [0.5, 0.6) is 0 Å². The first-order chi connectivity index (χ1) is 6.66. The quantitative estimate of drug-likeness (QED) is 0.763. The molecule has 0 aliphatic carbocycles. The van der Waals surface area contributed by atoms with Gasteiger partial charge in [-0.25, -0.2) is 4.98 Å². The van der Waals surface area contributed by atoms with E-state index in [2.05, 4.69) is 9.36 Å². The fourth-order valence-corrected chi connectivity index (χ4v) is 2.03. The highest BCUT2D eigenvalue weighted by atomic mass is 35.5. The van der Waals surface area contributed by atoms with Crippen molar-refractivity contribution in [2.45, 2.75) is 6.92 Å². The summed E-state index contributed by atoms with van der Waals surface area (Å²) in [7, 11) is 0.